The van der Waals surface area contributed by atoms with Gasteiger partial charge in [-0.25, -0.2) is 0 Å². The van der Waals surface area contributed by atoms with Crippen LogP contribution in [0.4, 0.5) is 11.4 Å². The molecule has 0 saturated heterocycles. The molecule has 260 valence electrons. The second kappa shape index (κ2) is 12.6. The van der Waals surface area contributed by atoms with E-state index in [1.807, 2.05) is 0 Å². The maximum absolute atomic E-state index is 2.44. The maximum Gasteiger partial charge on any atom is 0.0541 e. The fourth-order valence-electron chi connectivity index (χ4n) is 8.91. The van der Waals surface area contributed by atoms with Crippen molar-refractivity contribution in [2.24, 2.45) is 5.92 Å². The summed E-state index contributed by atoms with van der Waals surface area (Å²) in [4.78, 5) is 2.44. The largest absolute Gasteiger partial charge is 0.311 e. The van der Waals surface area contributed by atoms with Gasteiger partial charge in [-0.2, -0.15) is 0 Å². The lowest BCUT2D eigenvalue weighted by Gasteiger charge is -2.30. The number of para-hydroxylation sites is 1. The molecule has 10 rings (SSSR count). The van der Waals surface area contributed by atoms with Crippen molar-refractivity contribution in [3.63, 3.8) is 0 Å². The Morgan fingerprint density at radius 2 is 1.17 bits per heavy atom. The van der Waals surface area contributed by atoms with E-state index in [1.165, 1.54) is 77.7 Å². The molecule has 8 aromatic rings. The molecule has 1 heterocycles. The average molecular weight is 695 g/mol. The highest BCUT2D eigenvalue weighted by atomic mass is 15.1. The molecule has 2 aliphatic carbocycles. The molecule has 2 nitrogen and oxygen atoms in total. The zero-order chi connectivity index (χ0) is 36.4. The van der Waals surface area contributed by atoms with E-state index in [0.717, 1.165) is 17.8 Å². The Morgan fingerprint density at radius 1 is 0.537 bits per heavy atom. The number of aromatic nitrogens is 1. The quantitative estimate of drug-likeness (QED) is 0.168. The van der Waals surface area contributed by atoms with Gasteiger partial charge in [0.25, 0.3) is 0 Å². The number of fused-ring (bicyclic) bond motifs is 6. The lowest BCUT2D eigenvalue weighted by atomic mass is 9.82. The van der Waals surface area contributed by atoms with Gasteiger partial charge in [0.15, 0.2) is 0 Å². The summed E-state index contributed by atoms with van der Waals surface area (Å²) in [6.07, 6.45) is 8.10. The van der Waals surface area contributed by atoms with Crippen molar-refractivity contribution in [2.45, 2.75) is 32.6 Å². The van der Waals surface area contributed by atoms with Gasteiger partial charge in [-0.3, -0.25) is 0 Å². The molecule has 1 atom stereocenters. The maximum atomic E-state index is 2.44. The molecule has 0 spiro atoms. The third-order valence-electron chi connectivity index (χ3n) is 11.7. The van der Waals surface area contributed by atoms with E-state index in [0.29, 0.717) is 5.92 Å². The molecule has 1 unspecified atom stereocenters. The van der Waals surface area contributed by atoms with Crippen LogP contribution in [0.25, 0.3) is 60.9 Å². The Balaban J connectivity index is 1.03. The third-order valence-corrected chi connectivity index (χ3v) is 11.7. The van der Waals surface area contributed by atoms with E-state index in [2.05, 4.69) is 212 Å². The monoisotopic (exact) mass is 694 g/mol. The molecule has 0 aliphatic heterocycles. The number of hydrogen-bond donors (Lipinski definition) is 0. The minimum atomic E-state index is -0.0606. The Kier molecular flexibility index (Phi) is 7.56. The van der Waals surface area contributed by atoms with Gasteiger partial charge in [0.2, 0.25) is 0 Å². The van der Waals surface area contributed by atoms with Crippen molar-refractivity contribution in [1.29, 1.82) is 0 Å². The van der Waals surface area contributed by atoms with Crippen molar-refractivity contribution in [2.75, 3.05) is 4.90 Å². The number of anilines is 2. The zero-order valence-corrected chi connectivity index (χ0v) is 31.0. The standard InChI is InChI=1S/C52H42N2/c1-35-12-11-15-42(32-35)53(43-29-30-45-44-16-7-9-18-48(44)52(2,3)49(45)34-43)40-25-22-38(23-26-40)39-24-31-51-47(33-39)46-17-8-10-19-50(46)54(51)41-27-20-37(21-28-41)36-13-5-4-6-14-36/h4-11,13-35H,12H2,1-3H3. The molecule has 2 aliphatic rings. The lowest BCUT2D eigenvalue weighted by Crippen LogP contribution is -2.19. The second-order valence-electron chi connectivity index (χ2n) is 15.5. The first-order valence-electron chi connectivity index (χ1n) is 19.2. The normalized spacial score (nSPS) is 15.6. The van der Waals surface area contributed by atoms with Gasteiger partial charge < -0.3 is 9.47 Å². The number of benzene rings is 7. The first-order chi connectivity index (χ1) is 26.4. The minimum absolute atomic E-state index is 0.0606. The summed E-state index contributed by atoms with van der Waals surface area (Å²) in [5, 5.41) is 2.52. The highest BCUT2D eigenvalue weighted by molar-refractivity contribution is 6.10. The molecule has 0 amide bonds. The summed E-state index contributed by atoms with van der Waals surface area (Å²) < 4.78 is 2.40. The molecular formula is C52H42N2. The third kappa shape index (κ3) is 5.24. The van der Waals surface area contributed by atoms with E-state index >= 15 is 0 Å². The number of nitrogens with zero attached hydrogens (tertiary/aromatic N) is 2. The average Bonchev–Trinajstić information content (AvgIpc) is 3.66. The first kappa shape index (κ1) is 32.3. The van der Waals surface area contributed by atoms with Crippen LogP contribution in [0.1, 0.15) is 38.3 Å². The van der Waals surface area contributed by atoms with Crippen LogP contribution < -0.4 is 4.90 Å². The highest BCUT2D eigenvalue weighted by Crippen LogP contribution is 2.50. The minimum Gasteiger partial charge on any atom is -0.311 e. The lowest BCUT2D eigenvalue weighted by molar-refractivity contribution is 0.660. The predicted octanol–water partition coefficient (Wildman–Crippen LogP) is 14.0. The summed E-state index contributed by atoms with van der Waals surface area (Å²) >= 11 is 0. The number of allylic oxidation sites excluding steroid dienone is 3. The SMILES string of the molecule is CC1C=C(N(c2ccc(-c3ccc4c(c3)c3ccccc3n4-c3ccc(-c4ccccc4)cc3)cc2)c2ccc3c(c2)C(C)(C)c2ccccc2-3)C=CC1. The van der Waals surface area contributed by atoms with Gasteiger partial charge >= 0.3 is 0 Å². The van der Waals surface area contributed by atoms with Crippen molar-refractivity contribution in [3.05, 3.63) is 199 Å². The Bertz CT molecular complexity index is 2760. The van der Waals surface area contributed by atoms with Gasteiger partial charge in [0.1, 0.15) is 0 Å². The second-order valence-corrected chi connectivity index (χ2v) is 15.5. The Morgan fingerprint density at radius 3 is 1.98 bits per heavy atom. The van der Waals surface area contributed by atoms with Crippen LogP contribution in [0.15, 0.2) is 188 Å². The molecule has 2 heteroatoms. The van der Waals surface area contributed by atoms with Crippen LogP contribution in [0.3, 0.4) is 0 Å². The van der Waals surface area contributed by atoms with E-state index in [9.17, 15) is 0 Å². The molecule has 54 heavy (non-hydrogen) atoms. The van der Waals surface area contributed by atoms with Crippen LogP contribution in [0, 0.1) is 5.92 Å². The topological polar surface area (TPSA) is 8.17 Å². The molecule has 0 radical (unpaired) electrons. The van der Waals surface area contributed by atoms with Crippen LogP contribution in [-0.2, 0) is 5.41 Å². The summed E-state index contributed by atoms with van der Waals surface area (Å²) in [6.45, 7) is 7.02. The fraction of sp³-hybridized carbons (Fsp3) is 0.115. The fourth-order valence-corrected chi connectivity index (χ4v) is 8.91. The smallest absolute Gasteiger partial charge is 0.0541 e. The van der Waals surface area contributed by atoms with Crippen LogP contribution >= 0.6 is 0 Å². The first-order valence-corrected chi connectivity index (χ1v) is 19.2. The summed E-state index contributed by atoms with van der Waals surface area (Å²) in [7, 11) is 0. The van der Waals surface area contributed by atoms with Gasteiger partial charge in [-0.05, 0) is 118 Å². The molecule has 0 N–H and O–H groups in total. The number of hydrogen-bond acceptors (Lipinski definition) is 1. The molecule has 0 fully saturated rings. The summed E-state index contributed by atoms with van der Waals surface area (Å²) in [6, 6.07) is 60.3. The van der Waals surface area contributed by atoms with E-state index in [-0.39, 0.29) is 5.41 Å². The molecular weight excluding hydrogens is 653 g/mol. The van der Waals surface area contributed by atoms with E-state index < -0.39 is 0 Å². The molecule has 0 saturated carbocycles. The highest BCUT2D eigenvalue weighted by Gasteiger charge is 2.35. The van der Waals surface area contributed by atoms with Gasteiger partial charge in [0.05, 0.1) is 11.0 Å². The Hall–Kier alpha value is -6.38. The summed E-state index contributed by atoms with van der Waals surface area (Å²) in [5.74, 6) is 0.484. The van der Waals surface area contributed by atoms with Crippen molar-refractivity contribution in [1.82, 2.24) is 4.57 Å². The molecule has 1 aromatic heterocycles. The van der Waals surface area contributed by atoms with Crippen LogP contribution in [0.5, 0.6) is 0 Å². The van der Waals surface area contributed by atoms with Crippen LogP contribution in [0.2, 0.25) is 0 Å². The predicted molar refractivity (Wildman–Crippen MR) is 229 cm³/mol. The number of rotatable bonds is 6. The van der Waals surface area contributed by atoms with Crippen molar-refractivity contribution in [3.8, 4) is 39.1 Å². The van der Waals surface area contributed by atoms with Crippen molar-refractivity contribution < 1.29 is 0 Å². The Labute approximate surface area is 318 Å². The van der Waals surface area contributed by atoms with Gasteiger partial charge in [-0.15, -0.1) is 0 Å². The molecule has 0 bridgehead atoms. The molecule has 7 aromatic carbocycles. The van der Waals surface area contributed by atoms with Crippen molar-refractivity contribution >= 4 is 33.2 Å². The van der Waals surface area contributed by atoms with E-state index in [4.69, 9.17) is 0 Å². The summed E-state index contributed by atoms with van der Waals surface area (Å²) in [5.41, 5.74) is 17.5. The van der Waals surface area contributed by atoms with Gasteiger partial charge in [-0.1, -0.05) is 142 Å². The van der Waals surface area contributed by atoms with Crippen LogP contribution in [-0.4, -0.2) is 4.57 Å². The zero-order valence-electron chi connectivity index (χ0n) is 31.0. The van der Waals surface area contributed by atoms with Gasteiger partial charge in [0, 0.05) is 38.9 Å². The van der Waals surface area contributed by atoms with E-state index in [1.54, 1.807) is 0 Å².